The summed E-state index contributed by atoms with van der Waals surface area (Å²) in [6.45, 7) is 0.586. The number of hydrogen-bond acceptors (Lipinski definition) is 5. The molecule has 8 heteroatoms. The molecule has 2 rings (SSSR count). The van der Waals surface area contributed by atoms with E-state index in [1.54, 1.807) is 30.3 Å². The van der Waals surface area contributed by atoms with E-state index in [-0.39, 0.29) is 25.7 Å². The third kappa shape index (κ3) is 7.65. The topological polar surface area (TPSA) is 85.9 Å². The van der Waals surface area contributed by atoms with Crippen LogP contribution in [0.1, 0.15) is 5.56 Å². The van der Waals surface area contributed by atoms with Crippen molar-refractivity contribution in [3.8, 4) is 0 Å². The zero-order valence-corrected chi connectivity index (χ0v) is 15.6. The Morgan fingerprint density at radius 2 is 1.74 bits per heavy atom. The molecule has 27 heavy (non-hydrogen) atoms. The minimum atomic E-state index is -0.599. The summed E-state index contributed by atoms with van der Waals surface area (Å²) < 4.78 is 15.1. The summed E-state index contributed by atoms with van der Waals surface area (Å²) in [5, 5.41) is 5.86. The van der Waals surface area contributed by atoms with E-state index in [0.717, 1.165) is 5.56 Å². The van der Waals surface area contributed by atoms with E-state index in [9.17, 15) is 9.59 Å². The molecular weight excluding hydrogens is 372 g/mol. The number of nitrogens with one attached hydrogen (secondary N) is 2. The van der Waals surface area contributed by atoms with Gasteiger partial charge < -0.3 is 19.5 Å². The van der Waals surface area contributed by atoms with Gasteiger partial charge in [-0.25, -0.2) is 4.79 Å². The van der Waals surface area contributed by atoms with Crippen molar-refractivity contribution in [1.29, 1.82) is 0 Å². The predicted octanol–water partition coefficient (Wildman–Crippen LogP) is 3.69. The minimum absolute atomic E-state index is 0.123. The van der Waals surface area contributed by atoms with Crippen LogP contribution in [-0.4, -0.2) is 38.9 Å². The fourth-order valence-electron chi connectivity index (χ4n) is 2.11. The molecule has 7 nitrogen and oxygen atoms in total. The molecule has 0 aliphatic rings. The van der Waals surface area contributed by atoms with E-state index >= 15 is 0 Å². The van der Waals surface area contributed by atoms with Gasteiger partial charge in [0.15, 0.2) is 0 Å². The first-order chi connectivity index (χ1) is 13.1. The van der Waals surface area contributed by atoms with Gasteiger partial charge in [0, 0.05) is 23.5 Å². The number of carbonyl (C=O) groups is 2. The zero-order valence-electron chi connectivity index (χ0n) is 14.9. The van der Waals surface area contributed by atoms with Gasteiger partial charge >= 0.3 is 6.09 Å². The highest BCUT2D eigenvalue weighted by molar-refractivity contribution is 6.31. The van der Waals surface area contributed by atoms with Crippen molar-refractivity contribution < 1.29 is 23.8 Å². The monoisotopic (exact) mass is 392 g/mol. The Labute approximate surface area is 162 Å². The molecule has 0 fully saturated rings. The van der Waals surface area contributed by atoms with Crippen LogP contribution in [0.4, 0.5) is 16.2 Å². The number of methoxy groups -OCH3 is 1. The molecule has 0 spiro atoms. The Kier molecular flexibility index (Phi) is 8.57. The van der Waals surface area contributed by atoms with Crippen molar-refractivity contribution >= 4 is 35.0 Å². The number of anilines is 2. The molecule has 0 aliphatic carbocycles. The number of ether oxygens (including phenoxy) is 3. The first-order valence-electron chi connectivity index (χ1n) is 8.22. The average Bonchev–Trinajstić information content (AvgIpc) is 2.64. The lowest BCUT2D eigenvalue weighted by Crippen LogP contribution is -2.19. The highest BCUT2D eigenvalue weighted by Crippen LogP contribution is 2.17. The van der Waals surface area contributed by atoms with Gasteiger partial charge in [0.1, 0.15) is 13.2 Å². The summed E-state index contributed by atoms with van der Waals surface area (Å²) >= 11 is 6.04. The molecule has 0 radical (unpaired) electrons. The van der Waals surface area contributed by atoms with Gasteiger partial charge in [-0.05, 0) is 29.8 Å². The van der Waals surface area contributed by atoms with E-state index in [1.165, 1.54) is 7.11 Å². The van der Waals surface area contributed by atoms with Crippen LogP contribution < -0.4 is 10.6 Å². The second kappa shape index (κ2) is 11.2. The molecule has 2 aromatic carbocycles. The number of amides is 2. The molecule has 0 unspecified atom stereocenters. The van der Waals surface area contributed by atoms with Gasteiger partial charge in [0.25, 0.3) is 0 Å². The highest BCUT2D eigenvalue weighted by Gasteiger charge is 2.07. The normalized spacial score (nSPS) is 10.3. The molecule has 0 saturated heterocycles. The molecular formula is C19H21ClN2O5. The Hall–Kier alpha value is -2.61. The number of benzene rings is 2. The Balaban J connectivity index is 1.78. The fraction of sp³-hybridized carbons (Fsp3) is 0.263. The molecule has 2 aromatic rings. The van der Waals surface area contributed by atoms with Gasteiger partial charge in [-0.1, -0.05) is 35.9 Å². The lowest BCUT2D eigenvalue weighted by molar-refractivity contribution is -0.121. The predicted molar refractivity (Wildman–Crippen MR) is 103 cm³/mol. The summed E-state index contributed by atoms with van der Waals surface area (Å²) in [5.74, 6) is -0.318. The molecule has 0 aliphatic heterocycles. The standard InChI is InChI=1S/C19H21ClN2O5/c1-25-9-10-27-19(24)22-16-7-4-6-15(11-16)21-18(23)13-26-12-14-5-2-3-8-17(14)20/h2-8,11H,9-10,12-13H2,1H3,(H,21,23)(H,22,24). The Morgan fingerprint density at radius 1 is 1.00 bits per heavy atom. The lowest BCUT2D eigenvalue weighted by Gasteiger charge is -2.10. The molecule has 0 heterocycles. The summed E-state index contributed by atoms with van der Waals surface area (Å²) in [6.07, 6.45) is -0.599. The average molecular weight is 393 g/mol. The van der Waals surface area contributed by atoms with Crippen LogP contribution in [0.5, 0.6) is 0 Å². The van der Waals surface area contributed by atoms with Crippen molar-refractivity contribution in [2.45, 2.75) is 6.61 Å². The van der Waals surface area contributed by atoms with Crippen LogP contribution in [0, 0.1) is 0 Å². The SMILES string of the molecule is COCCOC(=O)Nc1cccc(NC(=O)COCc2ccccc2Cl)c1. The second-order valence-electron chi connectivity index (χ2n) is 5.47. The largest absolute Gasteiger partial charge is 0.447 e. The summed E-state index contributed by atoms with van der Waals surface area (Å²) in [7, 11) is 1.52. The van der Waals surface area contributed by atoms with E-state index in [4.69, 9.17) is 25.8 Å². The van der Waals surface area contributed by atoms with Gasteiger partial charge in [-0.2, -0.15) is 0 Å². The second-order valence-corrected chi connectivity index (χ2v) is 5.87. The number of halogens is 1. The van der Waals surface area contributed by atoms with E-state index in [0.29, 0.717) is 23.0 Å². The van der Waals surface area contributed by atoms with Crippen molar-refractivity contribution in [1.82, 2.24) is 0 Å². The summed E-state index contributed by atoms with van der Waals surface area (Å²) in [6, 6.07) is 14.0. The molecule has 144 valence electrons. The van der Waals surface area contributed by atoms with Gasteiger partial charge in [-0.3, -0.25) is 10.1 Å². The number of rotatable bonds is 9. The fourth-order valence-corrected chi connectivity index (χ4v) is 2.30. The van der Waals surface area contributed by atoms with Crippen molar-refractivity contribution in [2.75, 3.05) is 37.6 Å². The first-order valence-corrected chi connectivity index (χ1v) is 8.60. The third-order valence-corrected chi connectivity index (χ3v) is 3.73. The van der Waals surface area contributed by atoms with Crippen molar-refractivity contribution in [3.05, 3.63) is 59.1 Å². The van der Waals surface area contributed by atoms with Crippen LogP contribution in [0.2, 0.25) is 5.02 Å². The molecule has 2 N–H and O–H groups in total. The maximum atomic E-state index is 12.0. The molecule has 0 bridgehead atoms. The van der Waals surface area contributed by atoms with Gasteiger partial charge in [0.05, 0.1) is 13.2 Å². The van der Waals surface area contributed by atoms with E-state index in [2.05, 4.69) is 10.6 Å². The first kappa shape index (κ1) is 20.7. The van der Waals surface area contributed by atoms with Crippen LogP contribution in [-0.2, 0) is 25.6 Å². The Morgan fingerprint density at radius 3 is 2.48 bits per heavy atom. The van der Waals surface area contributed by atoms with Crippen LogP contribution in [0.15, 0.2) is 48.5 Å². The number of hydrogen-bond donors (Lipinski definition) is 2. The van der Waals surface area contributed by atoms with Gasteiger partial charge in [-0.15, -0.1) is 0 Å². The minimum Gasteiger partial charge on any atom is -0.447 e. The van der Waals surface area contributed by atoms with Crippen LogP contribution >= 0.6 is 11.6 Å². The Bertz CT molecular complexity index is 769. The van der Waals surface area contributed by atoms with Crippen LogP contribution in [0.25, 0.3) is 0 Å². The quantitative estimate of drug-likeness (QED) is 0.635. The van der Waals surface area contributed by atoms with Gasteiger partial charge in [0.2, 0.25) is 5.91 Å². The lowest BCUT2D eigenvalue weighted by atomic mass is 10.2. The number of carbonyl (C=O) groups excluding carboxylic acids is 2. The third-order valence-electron chi connectivity index (χ3n) is 3.36. The molecule has 2 amide bonds. The maximum Gasteiger partial charge on any atom is 0.411 e. The van der Waals surface area contributed by atoms with Crippen molar-refractivity contribution in [2.24, 2.45) is 0 Å². The summed E-state index contributed by atoms with van der Waals surface area (Å²) in [4.78, 5) is 23.6. The molecule has 0 saturated carbocycles. The maximum absolute atomic E-state index is 12.0. The highest BCUT2D eigenvalue weighted by atomic mass is 35.5. The zero-order chi connectivity index (χ0) is 19.5. The van der Waals surface area contributed by atoms with Crippen LogP contribution in [0.3, 0.4) is 0 Å². The van der Waals surface area contributed by atoms with E-state index in [1.807, 2.05) is 18.2 Å². The summed E-state index contributed by atoms with van der Waals surface area (Å²) in [5.41, 5.74) is 1.83. The molecule has 0 aromatic heterocycles. The van der Waals surface area contributed by atoms with Crippen molar-refractivity contribution in [3.63, 3.8) is 0 Å². The molecule has 0 atom stereocenters. The van der Waals surface area contributed by atoms with E-state index < -0.39 is 6.09 Å². The smallest absolute Gasteiger partial charge is 0.411 e.